The first-order chi connectivity index (χ1) is 8.48. The summed E-state index contributed by atoms with van der Waals surface area (Å²) >= 11 is 0. The van der Waals surface area contributed by atoms with Gasteiger partial charge in [-0.2, -0.15) is 0 Å². The number of benzene rings is 2. The molecule has 2 aromatic rings. The molecule has 0 aromatic heterocycles. The molecule has 2 aromatic carbocycles. The lowest BCUT2D eigenvalue weighted by Gasteiger charge is -2.24. The summed E-state index contributed by atoms with van der Waals surface area (Å²) in [5.41, 5.74) is 1.35. The third-order valence-corrected chi connectivity index (χ3v) is 3.40. The van der Waals surface area contributed by atoms with E-state index in [2.05, 4.69) is 0 Å². The van der Waals surface area contributed by atoms with Gasteiger partial charge in [-0.15, -0.1) is 0 Å². The van der Waals surface area contributed by atoms with Crippen LogP contribution in [-0.2, 0) is 5.60 Å². The Kier molecular flexibility index (Phi) is 2.19. The molecule has 2 nitrogen and oxygen atoms in total. The normalized spacial score (nSPS) is 14.3. The van der Waals surface area contributed by atoms with E-state index in [1.54, 1.807) is 19.9 Å². The minimum absolute atomic E-state index is 0.0311. The van der Waals surface area contributed by atoms with Crippen LogP contribution in [0.1, 0.15) is 35.3 Å². The Morgan fingerprint density at radius 3 is 2.56 bits per heavy atom. The van der Waals surface area contributed by atoms with Gasteiger partial charge in [0.05, 0.1) is 5.60 Å². The van der Waals surface area contributed by atoms with E-state index in [1.165, 1.54) is 0 Å². The van der Waals surface area contributed by atoms with Gasteiger partial charge >= 0.3 is 0 Å². The molecule has 0 unspecified atom stereocenters. The van der Waals surface area contributed by atoms with E-state index in [-0.39, 0.29) is 5.78 Å². The van der Waals surface area contributed by atoms with E-state index in [0.29, 0.717) is 11.1 Å². The molecule has 0 saturated carbocycles. The average Bonchev–Trinajstić information content (AvgIpc) is 2.32. The highest BCUT2D eigenvalue weighted by atomic mass is 16.3. The van der Waals surface area contributed by atoms with Crippen molar-refractivity contribution < 1.29 is 9.90 Å². The summed E-state index contributed by atoms with van der Waals surface area (Å²) in [6, 6.07) is 9.76. The van der Waals surface area contributed by atoms with Gasteiger partial charge in [-0.1, -0.05) is 36.4 Å². The summed E-state index contributed by atoms with van der Waals surface area (Å²) in [5, 5.41) is 12.2. The van der Waals surface area contributed by atoms with Gasteiger partial charge in [0.25, 0.3) is 0 Å². The SMILES string of the molecule is CC(C)(O)c1ccc2cccc3c2c1C(=O)C=C3. The molecule has 0 atom stereocenters. The molecule has 0 bridgehead atoms. The summed E-state index contributed by atoms with van der Waals surface area (Å²) in [6.07, 6.45) is 3.41. The first kappa shape index (κ1) is 11.2. The minimum Gasteiger partial charge on any atom is -0.386 e. The van der Waals surface area contributed by atoms with Crippen molar-refractivity contribution in [1.82, 2.24) is 0 Å². The van der Waals surface area contributed by atoms with Crippen molar-refractivity contribution in [2.75, 3.05) is 0 Å². The molecule has 18 heavy (non-hydrogen) atoms. The van der Waals surface area contributed by atoms with Crippen molar-refractivity contribution in [3.8, 4) is 0 Å². The molecule has 0 fully saturated rings. The monoisotopic (exact) mass is 238 g/mol. The summed E-state index contributed by atoms with van der Waals surface area (Å²) < 4.78 is 0. The molecule has 2 heteroatoms. The predicted molar refractivity (Wildman–Crippen MR) is 72.6 cm³/mol. The smallest absolute Gasteiger partial charge is 0.186 e. The fourth-order valence-electron chi connectivity index (χ4n) is 2.56. The molecule has 90 valence electrons. The molecule has 0 radical (unpaired) electrons. The average molecular weight is 238 g/mol. The van der Waals surface area contributed by atoms with E-state index in [1.807, 2.05) is 36.4 Å². The van der Waals surface area contributed by atoms with Crippen LogP contribution < -0.4 is 0 Å². The molecule has 1 aliphatic rings. The van der Waals surface area contributed by atoms with Crippen LogP contribution in [-0.4, -0.2) is 10.9 Å². The first-order valence-electron chi connectivity index (χ1n) is 5.99. The highest BCUT2D eigenvalue weighted by Gasteiger charge is 2.26. The van der Waals surface area contributed by atoms with Crippen LogP contribution in [0.5, 0.6) is 0 Å². The molecule has 1 aliphatic carbocycles. The van der Waals surface area contributed by atoms with Crippen molar-refractivity contribution in [3.05, 3.63) is 53.1 Å². The number of rotatable bonds is 1. The van der Waals surface area contributed by atoms with Crippen LogP contribution in [0.3, 0.4) is 0 Å². The lowest BCUT2D eigenvalue weighted by atomic mass is 9.83. The second-order valence-electron chi connectivity index (χ2n) is 5.19. The summed E-state index contributed by atoms with van der Waals surface area (Å²) in [7, 11) is 0. The fourth-order valence-corrected chi connectivity index (χ4v) is 2.56. The van der Waals surface area contributed by atoms with Gasteiger partial charge in [-0.25, -0.2) is 0 Å². The zero-order chi connectivity index (χ0) is 12.9. The van der Waals surface area contributed by atoms with Gasteiger partial charge in [0.1, 0.15) is 0 Å². The number of ketones is 1. The van der Waals surface area contributed by atoms with Crippen molar-refractivity contribution >= 4 is 22.6 Å². The van der Waals surface area contributed by atoms with Crippen molar-refractivity contribution in [1.29, 1.82) is 0 Å². The lowest BCUT2D eigenvalue weighted by Crippen LogP contribution is -2.20. The standard InChI is InChI=1S/C16H14O2/c1-16(2,18)12-8-6-10-4-3-5-11-7-9-13(17)15(12)14(10)11/h3-9,18H,1-2H3. The lowest BCUT2D eigenvalue weighted by molar-refractivity contribution is 0.0762. The van der Waals surface area contributed by atoms with Crippen molar-refractivity contribution in [2.45, 2.75) is 19.4 Å². The van der Waals surface area contributed by atoms with Crippen LogP contribution in [0.2, 0.25) is 0 Å². The molecular weight excluding hydrogens is 224 g/mol. The number of allylic oxidation sites excluding steroid dienone is 1. The van der Waals surface area contributed by atoms with Gasteiger partial charge in [0, 0.05) is 10.9 Å². The molecule has 0 amide bonds. The number of carbonyl (C=O) groups is 1. The zero-order valence-corrected chi connectivity index (χ0v) is 10.4. The van der Waals surface area contributed by atoms with E-state index in [4.69, 9.17) is 0 Å². The highest BCUT2D eigenvalue weighted by molar-refractivity contribution is 6.20. The van der Waals surface area contributed by atoms with Gasteiger partial charge in [-0.05, 0) is 36.4 Å². The summed E-state index contributed by atoms with van der Waals surface area (Å²) in [6.45, 7) is 3.41. The van der Waals surface area contributed by atoms with E-state index in [0.717, 1.165) is 16.3 Å². The molecule has 3 rings (SSSR count). The number of aliphatic hydroxyl groups is 1. The Hall–Kier alpha value is -1.93. The van der Waals surface area contributed by atoms with Crippen LogP contribution in [0.4, 0.5) is 0 Å². The maximum Gasteiger partial charge on any atom is 0.186 e. The maximum atomic E-state index is 12.1. The summed E-state index contributed by atoms with van der Waals surface area (Å²) in [5.74, 6) is -0.0311. The number of hydrogen-bond donors (Lipinski definition) is 1. The van der Waals surface area contributed by atoms with Crippen LogP contribution in [0, 0.1) is 0 Å². The maximum absolute atomic E-state index is 12.1. The third-order valence-electron chi connectivity index (χ3n) is 3.40. The zero-order valence-electron chi connectivity index (χ0n) is 10.4. The van der Waals surface area contributed by atoms with Gasteiger partial charge < -0.3 is 5.11 Å². The summed E-state index contributed by atoms with van der Waals surface area (Å²) in [4.78, 5) is 12.1. The van der Waals surface area contributed by atoms with E-state index in [9.17, 15) is 9.90 Å². The molecular formula is C16H14O2. The fraction of sp³-hybridized carbons (Fsp3) is 0.188. The number of carbonyl (C=O) groups excluding carboxylic acids is 1. The number of hydrogen-bond acceptors (Lipinski definition) is 2. The molecule has 0 spiro atoms. The highest BCUT2D eigenvalue weighted by Crippen LogP contribution is 2.35. The Labute approximate surface area is 106 Å². The van der Waals surface area contributed by atoms with Crippen molar-refractivity contribution in [2.24, 2.45) is 0 Å². The van der Waals surface area contributed by atoms with Gasteiger partial charge in [0.15, 0.2) is 5.78 Å². The Morgan fingerprint density at radius 1 is 1.06 bits per heavy atom. The van der Waals surface area contributed by atoms with Crippen molar-refractivity contribution in [3.63, 3.8) is 0 Å². The van der Waals surface area contributed by atoms with Gasteiger partial charge in [0.2, 0.25) is 0 Å². The second-order valence-corrected chi connectivity index (χ2v) is 5.19. The Balaban J connectivity index is 2.50. The van der Waals surface area contributed by atoms with Crippen LogP contribution in [0.15, 0.2) is 36.4 Å². The second kappa shape index (κ2) is 3.53. The first-order valence-corrected chi connectivity index (χ1v) is 5.99. The molecule has 0 aliphatic heterocycles. The topological polar surface area (TPSA) is 37.3 Å². The quantitative estimate of drug-likeness (QED) is 0.827. The third kappa shape index (κ3) is 1.50. The largest absolute Gasteiger partial charge is 0.386 e. The predicted octanol–water partition coefficient (Wildman–Crippen LogP) is 3.28. The Bertz CT molecular complexity index is 688. The Morgan fingerprint density at radius 2 is 1.83 bits per heavy atom. The molecule has 0 saturated heterocycles. The van der Waals surface area contributed by atoms with Crippen LogP contribution in [0.25, 0.3) is 16.8 Å². The molecule has 0 heterocycles. The van der Waals surface area contributed by atoms with E-state index < -0.39 is 5.60 Å². The van der Waals surface area contributed by atoms with Gasteiger partial charge in [-0.3, -0.25) is 4.79 Å². The minimum atomic E-state index is -1.02. The van der Waals surface area contributed by atoms with Crippen LogP contribution >= 0.6 is 0 Å². The molecule has 1 N–H and O–H groups in total. The van der Waals surface area contributed by atoms with E-state index >= 15 is 0 Å².